The van der Waals surface area contributed by atoms with E-state index in [1.54, 1.807) is 18.1 Å². The van der Waals surface area contributed by atoms with E-state index >= 15 is 0 Å². The highest BCUT2D eigenvalue weighted by Gasteiger charge is 2.31. The Hall–Kier alpha value is -0.603. The zero-order valence-corrected chi connectivity index (χ0v) is 17.4. The predicted molar refractivity (Wildman–Crippen MR) is 111 cm³/mol. The molecule has 3 rings (SSSR count). The summed E-state index contributed by atoms with van der Waals surface area (Å²) in [5.74, 6) is 2.31. The van der Waals surface area contributed by atoms with Gasteiger partial charge < -0.3 is 0 Å². The van der Waals surface area contributed by atoms with E-state index in [0.717, 1.165) is 17.4 Å². The third kappa shape index (κ3) is 4.98. The first-order chi connectivity index (χ1) is 12.2. The number of rotatable bonds is 5. The molecule has 1 heterocycles. The highest BCUT2D eigenvalue weighted by Crippen LogP contribution is 2.43. The van der Waals surface area contributed by atoms with Crippen molar-refractivity contribution in [1.29, 1.82) is 0 Å². The zero-order chi connectivity index (χ0) is 17.6. The van der Waals surface area contributed by atoms with Crippen molar-refractivity contribution in [3.63, 3.8) is 0 Å². The first-order valence-electron chi connectivity index (χ1n) is 10.3. The van der Waals surface area contributed by atoms with Gasteiger partial charge in [0, 0.05) is 19.9 Å². The van der Waals surface area contributed by atoms with Crippen LogP contribution in [0.25, 0.3) is 5.83 Å². The molecule has 0 amide bonds. The fourth-order valence-electron chi connectivity index (χ4n) is 5.26. The Morgan fingerprint density at radius 3 is 2.20 bits per heavy atom. The molecule has 0 bridgehead atoms. The first kappa shape index (κ1) is 19.2. The summed E-state index contributed by atoms with van der Waals surface area (Å²) < 4.78 is 13.5. The van der Waals surface area contributed by atoms with Crippen molar-refractivity contribution in [3.05, 3.63) is 40.9 Å². The van der Waals surface area contributed by atoms with Gasteiger partial charge in [0.25, 0.3) is 0 Å². The third-order valence-electron chi connectivity index (χ3n) is 6.78. The molecule has 2 aliphatic rings. The molecule has 0 spiro atoms. The summed E-state index contributed by atoms with van der Waals surface area (Å²) in [5, 5.41) is 0. The zero-order valence-electron chi connectivity index (χ0n) is 15.5. The molecule has 0 radical (unpaired) electrons. The maximum atomic E-state index is 13.5. The summed E-state index contributed by atoms with van der Waals surface area (Å²) in [5.41, 5.74) is 2.97. The van der Waals surface area contributed by atoms with Crippen molar-refractivity contribution >= 4 is 26.2 Å². The summed E-state index contributed by atoms with van der Waals surface area (Å²) in [6.07, 6.45) is 9.89. The molecule has 1 aliphatic carbocycles. The summed E-state index contributed by atoms with van der Waals surface area (Å²) >= 11 is 5.46. The number of hydrogen-bond acceptors (Lipinski definition) is 0. The second kappa shape index (κ2) is 9.37. The quantitative estimate of drug-likeness (QED) is 0.465. The fourth-order valence-corrected chi connectivity index (χ4v) is 8.87. The average Bonchev–Trinajstić information content (AvgIpc) is 2.68. The van der Waals surface area contributed by atoms with E-state index in [9.17, 15) is 4.39 Å². The van der Waals surface area contributed by atoms with Crippen molar-refractivity contribution in [2.24, 2.45) is 11.8 Å². The molecule has 0 atom stereocenters. The van der Waals surface area contributed by atoms with E-state index in [0.29, 0.717) is 11.5 Å². The molecule has 1 saturated heterocycles. The van der Waals surface area contributed by atoms with Gasteiger partial charge in [-0.2, -0.15) is 0 Å². The molecule has 1 aromatic rings. The van der Waals surface area contributed by atoms with Crippen molar-refractivity contribution in [2.45, 2.75) is 75.9 Å². The van der Waals surface area contributed by atoms with Crippen LogP contribution in [0.4, 0.5) is 4.39 Å². The summed E-state index contributed by atoms with van der Waals surface area (Å²) in [6, 6.07) is 12.7. The van der Waals surface area contributed by atoms with Crippen LogP contribution in [0.5, 0.6) is 0 Å². The van der Waals surface area contributed by atoms with E-state index in [1.165, 1.54) is 50.5 Å². The van der Waals surface area contributed by atoms with Crippen molar-refractivity contribution in [1.82, 2.24) is 0 Å². The Labute approximate surface area is 159 Å². The van der Waals surface area contributed by atoms with Crippen LogP contribution in [0.2, 0.25) is 18.1 Å². The molecule has 0 unspecified atom stereocenters. The largest absolute Gasteiger partial charge is 0.205 e. The van der Waals surface area contributed by atoms with Crippen molar-refractivity contribution < 1.29 is 4.39 Å². The molecule has 25 heavy (non-hydrogen) atoms. The van der Waals surface area contributed by atoms with Gasteiger partial charge in [0.1, 0.15) is 5.83 Å². The minimum Gasteiger partial charge on any atom is -0.205 e. The van der Waals surface area contributed by atoms with Crippen LogP contribution in [0.3, 0.4) is 0 Å². The summed E-state index contributed by atoms with van der Waals surface area (Å²) in [7, 11) is -0.341. The maximum absolute atomic E-state index is 13.5. The average molecular weight is 379 g/mol. The number of benzene rings is 1. The monoisotopic (exact) mass is 378 g/mol. The number of halogens is 2. The molecule has 138 valence electrons. The topological polar surface area (TPSA) is 0 Å². The molecule has 0 N–H and O–H groups in total. The van der Waals surface area contributed by atoms with Crippen LogP contribution in [-0.2, 0) is 0 Å². The molecule has 2 fully saturated rings. The lowest BCUT2D eigenvalue weighted by atomic mass is 9.72. The van der Waals surface area contributed by atoms with Crippen LogP contribution < -0.4 is 0 Å². The minimum atomic E-state index is -0.348. The van der Waals surface area contributed by atoms with Gasteiger partial charge >= 0.3 is 0 Å². The van der Waals surface area contributed by atoms with Crippen molar-refractivity contribution in [2.75, 3.05) is 0 Å². The Balaban J connectivity index is 1.49. The Bertz CT molecular complexity index is 552. The molecule has 0 aromatic heterocycles. The summed E-state index contributed by atoms with van der Waals surface area (Å²) in [4.78, 5) is 0. The Morgan fingerprint density at radius 1 is 1.04 bits per heavy atom. The Morgan fingerprint density at radius 2 is 1.64 bits per heavy atom. The highest BCUT2D eigenvalue weighted by atomic mass is 35.5. The lowest BCUT2D eigenvalue weighted by Crippen LogP contribution is -2.28. The first-order valence-corrected chi connectivity index (χ1v) is 13.2. The SMILES string of the molecule is CCC[Si@H]1CC[C@H](C2CCC(c3ccc(C(F)=CCl)cc3)CC2)CC1. The van der Waals surface area contributed by atoms with Gasteiger partial charge in [0.05, 0.1) is 0 Å². The van der Waals surface area contributed by atoms with Gasteiger partial charge in [-0.05, 0) is 49.0 Å². The second-order valence-electron chi connectivity index (χ2n) is 8.26. The van der Waals surface area contributed by atoms with Crippen LogP contribution in [0.15, 0.2) is 29.8 Å². The number of hydrogen-bond donors (Lipinski definition) is 0. The smallest absolute Gasteiger partial charge is 0.141 e. The lowest BCUT2D eigenvalue weighted by Gasteiger charge is -2.37. The van der Waals surface area contributed by atoms with Crippen LogP contribution in [0.1, 0.15) is 68.9 Å². The molecule has 3 heteroatoms. The van der Waals surface area contributed by atoms with Gasteiger partial charge in [0.2, 0.25) is 0 Å². The third-order valence-corrected chi connectivity index (χ3v) is 10.7. The Kier molecular flexibility index (Phi) is 7.18. The molecular weight excluding hydrogens is 347 g/mol. The highest BCUT2D eigenvalue weighted by molar-refractivity contribution is 6.58. The van der Waals surface area contributed by atoms with E-state index in [2.05, 4.69) is 19.1 Å². The normalized spacial score (nSPS) is 31.1. The van der Waals surface area contributed by atoms with Crippen LogP contribution in [0, 0.1) is 11.8 Å². The van der Waals surface area contributed by atoms with Crippen LogP contribution >= 0.6 is 11.6 Å². The van der Waals surface area contributed by atoms with E-state index in [-0.39, 0.29) is 14.6 Å². The van der Waals surface area contributed by atoms with E-state index < -0.39 is 0 Å². The van der Waals surface area contributed by atoms with Gasteiger partial charge in [0.15, 0.2) is 0 Å². The van der Waals surface area contributed by atoms with E-state index in [4.69, 9.17) is 11.6 Å². The lowest BCUT2D eigenvalue weighted by molar-refractivity contribution is 0.216. The standard InChI is InChI=1S/C22H32ClFSi/c1-2-13-25-14-11-20(12-15-25)19-5-3-17(4-6-19)18-7-9-21(10-8-18)22(24)16-23/h7-10,16-17,19-20,25H,2-6,11-15H2,1H3/t17?,19?,20-,25-. The molecule has 1 aromatic carbocycles. The van der Waals surface area contributed by atoms with Gasteiger partial charge in [-0.1, -0.05) is 80.2 Å². The fraction of sp³-hybridized carbons (Fsp3) is 0.636. The van der Waals surface area contributed by atoms with Gasteiger partial charge in [-0.3, -0.25) is 0 Å². The molecule has 0 nitrogen and oxygen atoms in total. The maximum Gasteiger partial charge on any atom is 0.141 e. The van der Waals surface area contributed by atoms with Crippen LogP contribution in [-0.4, -0.2) is 8.80 Å². The molecular formula is C22H32ClFSi. The van der Waals surface area contributed by atoms with Gasteiger partial charge in [-0.15, -0.1) is 0 Å². The molecule has 1 aliphatic heterocycles. The van der Waals surface area contributed by atoms with E-state index in [1.807, 2.05) is 12.1 Å². The predicted octanol–water partition coefficient (Wildman–Crippen LogP) is 7.51. The summed E-state index contributed by atoms with van der Waals surface area (Å²) in [6.45, 7) is 2.35. The minimum absolute atomic E-state index is 0.341. The molecule has 1 saturated carbocycles. The second-order valence-corrected chi connectivity index (χ2v) is 11.9. The van der Waals surface area contributed by atoms with Gasteiger partial charge in [-0.25, -0.2) is 4.39 Å². The van der Waals surface area contributed by atoms with Crippen molar-refractivity contribution in [3.8, 4) is 0 Å².